The van der Waals surface area contributed by atoms with Crippen molar-refractivity contribution < 1.29 is 22.7 Å². The van der Waals surface area contributed by atoms with Crippen molar-refractivity contribution in [2.45, 2.75) is 62.6 Å². The van der Waals surface area contributed by atoms with Crippen molar-refractivity contribution in [1.82, 2.24) is 25.3 Å². The lowest BCUT2D eigenvalue weighted by atomic mass is 9.98. The molecule has 242 valence electrons. The molecule has 2 heterocycles. The smallest absolute Gasteiger partial charge is 0.315 e. The van der Waals surface area contributed by atoms with E-state index in [1.807, 2.05) is 50.2 Å². The molecule has 2 amide bonds. The molecule has 6 rings (SSSR count). The number of sulfonamides is 1. The van der Waals surface area contributed by atoms with Crippen LogP contribution in [0, 0.1) is 5.92 Å². The van der Waals surface area contributed by atoms with Crippen LogP contribution in [0.4, 0.5) is 10.5 Å². The second kappa shape index (κ2) is 13.1. The fraction of sp³-hybridized carbons (Fsp3) is 0.382. The van der Waals surface area contributed by atoms with E-state index in [0.717, 1.165) is 52.0 Å². The van der Waals surface area contributed by atoms with Crippen molar-refractivity contribution in [1.29, 1.82) is 0 Å². The van der Waals surface area contributed by atoms with Gasteiger partial charge in [-0.3, -0.25) is 9.97 Å². The van der Waals surface area contributed by atoms with Gasteiger partial charge in [0.15, 0.2) is 0 Å². The van der Waals surface area contributed by atoms with Gasteiger partial charge < -0.3 is 25.4 Å². The van der Waals surface area contributed by atoms with Crippen LogP contribution >= 0.6 is 0 Å². The van der Waals surface area contributed by atoms with Gasteiger partial charge in [-0.15, -0.1) is 0 Å². The largest absolute Gasteiger partial charge is 0.497 e. The number of fused-ring (bicyclic) bond motifs is 3. The number of pyridine rings is 2. The van der Waals surface area contributed by atoms with E-state index in [-0.39, 0.29) is 22.9 Å². The van der Waals surface area contributed by atoms with Crippen LogP contribution in [0.2, 0.25) is 0 Å². The molecule has 0 radical (unpaired) electrons. The number of carbonyl (C=O) groups is 1. The van der Waals surface area contributed by atoms with E-state index in [0.29, 0.717) is 36.6 Å². The molecule has 46 heavy (non-hydrogen) atoms. The average molecular weight is 645 g/mol. The summed E-state index contributed by atoms with van der Waals surface area (Å²) >= 11 is 0. The molecule has 2 aromatic heterocycles. The van der Waals surface area contributed by atoms with Crippen LogP contribution in [0.25, 0.3) is 10.8 Å². The number of aromatic nitrogens is 2. The lowest BCUT2D eigenvalue weighted by Gasteiger charge is -2.19. The van der Waals surface area contributed by atoms with Crippen LogP contribution in [-0.4, -0.2) is 45.2 Å². The first kappa shape index (κ1) is 31.6. The Hall–Kier alpha value is -4.42. The maximum atomic E-state index is 13.8. The Balaban J connectivity index is 1.39. The van der Waals surface area contributed by atoms with Gasteiger partial charge in [-0.25, -0.2) is 17.9 Å². The minimum Gasteiger partial charge on any atom is -0.497 e. The van der Waals surface area contributed by atoms with E-state index in [9.17, 15) is 13.2 Å². The van der Waals surface area contributed by atoms with Crippen molar-refractivity contribution in [3.8, 4) is 11.5 Å². The van der Waals surface area contributed by atoms with E-state index in [1.54, 1.807) is 38.9 Å². The molecule has 4 N–H and O–H groups in total. The number of ether oxygens (including phenoxy) is 2. The molecular formula is C34H40N6O5S. The average Bonchev–Trinajstić information content (AvgIpc) is 3.86. The zero-order valence-electron chi connectivity index (χ0n) is 26.5. The second-order valence-electron chi connectivity index (χ2n) is 12.3. The number of urea groups is 1. The van der Waals surface area contributed by atoms with Crippen molar-refractivity contribution in [2.75, 3.05) is 26.1 Å². The minimum atomic E-state index is -3.88. The first-order chi connectivity index (χ1) is 22.1. The van der Waals surface area contributed by atoms with Crippen LogP contribution in [0.3, 0.4) is 0 Å². The van der Waals surface area contributed by atoms with E-state index in [4.69, 9.17) is 14.5 Å². The maximum Gasteiger partial charge on any atom is 0.315 e. The standard InChI is InChI=1S/C34H40N6O5S/c1-20(2)15-38-46(42,43)32-13-27-30(40-34(41)37-16-21-5-9-24(44-3)10-6-21)14-31(39-23-11-25(45-4)18-35-17-23)33(27)28-19-36-29(12-26(28)32)22-7-8-22/h5-6,9-13,17-20,22,30-31,38-39H,7-8,14-16H2,1-4H3,(H2,37,40,41)/t30-,31-/m1/s1. The Labute approximate surface area is 269 Å². The molecule has 2 aliphatic carbocycles. The summed E-state index contributed by atoms with van der Waals surface area (Å²) in [6, 6.07) is 11.9. The van der Waals surface area contributed by atoms with Gasteiger partial charge in [-0.1, -0.05) is 26.0 Å². The van der Waals surface area contributed by atoms with E-state index >= 15 is 0 Å². The topological polar surface area (TPSA) is 144 Å². The van der Waals surface area contributed by atoms with Crippen molar-refractivity contribution in [3.05, 3.63) is 83.4 Å². The number of carbonyl (C=O) groups excluding carboxylic acids is 1. The van der Waals surface area contributed by atoms with Crippen molar-refractivity contribution >= 4 is 32.5 Å². The van der Waals surface area contributed by atoms with Crippen molar-refractivity contribution in [3.63, 3.8) is 0 Å². The Morgan fingerprint density at radius 3 is 2.41 bits per heavy atom. The number of rotatable bonds is 12. The van der Waals surface area contributed by atoms with Crippen molar-refractivity contribution in [2.24, 2.45) is 5.92 Å². The maximum absolute atomic E-state index is 13.8. The van der Waals surface area contributed by atoms with E-state index in [1.165, 1.54) is 0 Å². The van der Waals surface area contributed by atoms with Gasteiger partial charge in [0.25, 0.3) is 0 Å². The van der Waals surface area contributed by atoms with E-state index < -0.39 is 16.1 Å². The molecule has 11 nitrogen and oxygen atoms in total. The highest BCUT2D eigenvalue weighted by Crippen LogP contribution is 2.47. The van der Waals surface area contributed by atoms with Gasteiger partial charge in [0.1, 0.15) is 11.5 Å². The zero-order chi connectivity index (χ0) is 32.4. The summed E-state index contributed by atoms with van der Waals surface area (Å²) in [5, 5.41) is 11.0. The Morgan fingerprint density at radius 1 is 0.957 bits per heavy atom. The molecule has 12 heteroatoms. The van der Waals surface area contributed by atoms with Gasteiger partial charge >= 0.3 is 6.03 Å². The predicted octanol–water partition coefficient (Wildman–Crippen LogP) is 5.56. The molecule has 0 aliphatic heterocycles. The Bertz CT molecular complexity index is 1840. The summed E-state index contributed by atoms with van der Waals surface area (Å²) in [6.45, 7) is 4.56. The monoisotopic (exact) mass is 644 g/mol. The number of anilines is 1. The summed E-state index contributed by atoms with van der Waals surface area (Å²) in [6.07, 6.45) is 7.71. The Kier molecular flexibility index (Phi) is 9.01. The number of nitrogens with one attached hydrogen (secondary N) is 4. The van der Waals surface area contributed by atoms with Crippen LogP contribution in [0.15, 0.2) is 66.0 Å². The van der Waals surface area contributed by atoms with Gasteiger partial charge in [0.05, 0.1) is 49.3 Å². The number of hydrogen-bond acceptors (Lipinski definition) is 8. The van der Waals surface area contributed by atoms with Crippen LogP contribution < -0.4 is 30.1 Å². The van der Waals surface area contributed by atoms with Gasteiger partial charge in [0, 0.05) is 47.7 Å². The summed E-state index contributed by atoms with van der Waals surface area (Å²) in [7, 11) is -0.686. The predicted molar refractivity (Wildman–Crippen MR) is 177 cm³/mol. The molecule has 0 saturated heterocycles. The quantitative estimate of drug-likeness (QED) is 0.157. The molecule has 2 aliphatic rings. The molecular weight excluding hydrogens is 604 g/mol. The third-order valence-corrected chi connectivity index (χ3v) is 9.91. The van der Waals surface area contributed by atoms with Crippen LogP contribution in [0.1, 0.15) is 73.5 Å². The minimum absolute atomic E-state index is 0.132. The highest BCUT2D eigenvalue weighted by Gasteiger charge is 2.37. The number of benzene rings is 2. The highest BCUT2D eigenvalue weighted by atomic mass is 32.2. The van der Waals surface area contributed by atoms with E-state index in [2.05, 4.69) is 25.7 Å². The molecule has 4 aromatic rings. The van der Waals surface area contributed by atoms with Gasteiger partial charge in [-0.05, 0) is 66.1 Å². The third-order valence-electron chi connectivity index (χ3n) is 8.45. The summed E-state index contributed by atoms with van der Waals surface area (Å²) < 4.78 is 41.1. The lowest BCUT2D eigenvalue weighted by molar-refractivity contribution is 0.236. The number of hydrogen-bond donors (Lipinski definition) is 4. The number of amides is 2. The molecule has 0 spiro atoms. The Morgan fingerprint density at radius 2 is 1.72 bits per heavy atom. The molecule has 0 unspecified atom stereocenters. The fourth-order valence-electron chi connectivity index (χ4n) is 5.89. The normalized spacial score (nSPS) is 17.5. The number of methoxy groups -OCH3 is 2. The third kappa shape index (κ3) is 6.87. The summed E-state index contributed by atoms with van der Waals surface area (Å²) in [4.78, 5) is 22.5. The lowest BCUT2D eigenvalue weighted by Crippen LogP contribution is -2.37. The first-order valence-electron chi connectivity index (χ1n) is 15.5. The molecule has 1 saturated carbocycles. The highest BCUT2D eigenvalue weighted by molar-refractivity contribution is 7.89. The molecule has 2 atom stereocenters. The number of nitrogens with zero attached hydrogens (tertiary/aromatic N) is 2. The van der Waals surface area contributed by atoms with Crippen LogP contribution in [0.5, 0.6) is 11.5 Å². The summed E-state index contributed by atoms with van der Waals surface area (Å²) in [5.41, 5.74) is 4.19. The molecule has 0 bridgehead atoms. The first-order valence-corrected chi connectivity index (χ1v) is 17.0. The van der Waals surface area contributed by atoms with Crippen LogP contribution in [-0.2, 0) is 16.6 Å². The SMILES string of the molecule is COc1ccc(CNC(=O)N[C@@H]2C[C@@H](Nc3cncc(OC)c3)c3c2cc(S(=O)(=O)NCC(C)C)c2cc(C4CC4)ncc32)cc1. The second-order valence-corrected chi connectivity index (χ2v) is 14.1. The molecule has 2 aromatic carbocycles. The van der Waals surface area contributed by atoms with Gasteiger partial charge in [0.2, 0.25) is 10.0 Å². The fourth-order valence-corrected chi connectivity index (χ4v) is 7.34. The molecule has 1 fully saturated rings. The van der Waals surface area contributed by atoms with Gasteiger partial charge in [-0.2, -0.15) is 0 Å². The zero-order valence-corrected chi connectivity index (χ0v) is 27.3. The summed E-state index contributed by atoms with van der Waals surface area (Å²) in [5.74, 6) is 1.82.